The minimum absolute atomic E-state index is 0.0951. The van der Waals surface area contributed by atoms with Crippen LogP contribution in [-0.2, 0) is 0 Å². The van der Waals surface area contributed by atoms with Crippen LogP contribution in [0.1, 0.15) is 23.0 Å². The number of benzene rings is 2. The fourth-order valence-electron chi connectivity index (χ4n) is 3.71. The summed E-state index contributed by atoms with van der Waals surface area (Å²) >= 11 is 3.25. The van der Waals surface area contributed by atoms with Crippen LogP contribution in [0, 0.1) is 0 Å². The van der Waals surface area contributed by atoms with Gasteiger partial charge in [0, 0.05) is 9.75 Å². The molecule has 4 rings (SSSR count). The normalized spacial score (nSPS) is 13.0. The van der Waals surface area contributed by atoms with Crippen molar-refractivity contribution in [1.82, 2.24) is 0 Å². The largest absolute Gasteiger partial charge is 0.411 e. The van der Waals surface area contributed by atoms with Crippen LogP contribution in [0.2, 0.25) is 0 Å². The second kappa shape index (κ2) is 9.98. The van der Waals surface area contributed by atoms with Gasteiger partial charge in [-0.3, -0.25) is 8.78 Å². The Kier molecular flexibility index (Phi) is 6.89. The fourth-order valence-corrected chi connectivity index (χ4v) is 5.17. The Morgan fingerprint density at radius 1 is 0.710 bits per heavy atom. The summed E-state index contributed by atoms with van der Waals surface area (Å²) in [5.41, 5.74) is 3.47. The topological polar surface area (TPSA) is 32.6 Å². The van der Waals surface area contributed by atoms with Gasteiger partial charge < -0.3 is 5.21 Å². The Morgan fingerprint density at radius 2 is 1.13 bits per heavy atom. The van der Waals surface area contributed by atoms with Gasteiger partial charge in [-0.25, -0.2) is 0 Å². The Hall–Kier alpha value is -2.83. The fraction of sp³-hybridized carbons (Fsp3) is 0.160. The summed E-state index contributed by atoms with van der Waals surface area (Å²) in [5.74, 6) is -1.64. The molecule has 0 saturated carbocycles. The maximum absolute atomic E-state index is 14.1. The first kappa shape index (κ1) is 21.4. The van der Waals surface area contributed by atoms with E-state index in [9.17, 15) is 14.0 Å². The van der Waals surface area contributed by atoms with Crippen molar-refractivity contribution in [2.75, 3.05) is 13.3 Å². The van der Waals surface area contributed by atoms with Crippen molar-refractivity contribution >= 4 is 28.4 Å². The standard InChI is InChI=1S/C25H21F2NOS2/c26-15-21(17-5-9-19(10-6-17)23-3-1-13-30-23)25(28-29)22(16-27)18-7-11-20(12-8-18)24-4-2-14-31-24/h1-14,21-22,29H,15-16H2. The Morgan fingerprint density at radius 3 is 1.42 bits per heavy atom. The second-order valence-corrected chi connectivity index (χ2v) is 9.03. The highest BCUT2D eigenvalue weighted by Crippen LogP contribution is 2.33. The van der Waals surface area contributed by atoms with Crippen LogP contribution >= 0.6 is 22.7 Å². The van der Waals surface area contributed by atoms with Crippen LogP contribution in [-0.4, -0.2) is 24.3 Å². The van der Waals surface area contributed by atoms with E-state index < -0.39 is 25.2 Å². The summed E-state index contributed by atoms with van der Waals surface area (Å²) in [6.45, 7) is -1.55. The maximum Gasteiger partial charge on any atom is 0.102 e. The van der Waals surface area contributed by atoms with E-state index >= 15 is 0 Å². The molecular formula is C25H21F2NOS2. The number of halogens is 2. The molecule has 2 atom stereocenters. The molecule has 2 aromatic heterocycles. The van der Waals surface area contributed by atoms with Crippen LogP contribution in [0.5, 0.6) is 0 Å². The number of nitrogens with zero attached hydrogens (tertiary/aromatic N) is 1. The van der Waals surface area contributed by atoms with E-state index in [-0.39, 0.29) is 5.71 Å². The molecule has 0 bridgehead atoms. The molecule has 0 aliphatic heterocycles. The molecule has 4 aromatic rings. The van der Waals surface area contributed by atoms with Crippen LogP contribution in [0.15, 0.2) is 88.7 Å². The Balaban J connectivity index is 1.60. The number of hydrogen-bond donors (Lipinski definition) is 1. The zero-order valence-corrected chi connectivity index (χ0v) is 18.3. The van der Waals surface area contributed by atoms with E-state index in [2.05, 4.69) is 5.16 Å². The molecule has 0 amide bonds. The quantitative estimate of drug-likeness (QED) is 0.165. The van der Waals surface area contributed by atoms with Crippen molar-refractivity contribution in [1.29, 1.82) is 0 Å². The lowest BCUT2D eigenvalue weighted by Gasteiger charge is -2.22. The highest BCUT2D eigenvalue weighted by atomic mass is 32.1. The molecule has 0 aliphatic rings. The van der Waals surface area contributed by atoms with Crippen molar-refractivity contribution in [3.8, 4) is 20.9 Å². The van der Waals surface area contributed by atoms with Gasteiger partial charge in [0.15, 0.2) is 0 Å². The number of oxime groups is 1. The van der Waals surface area contributed by atoms with Crippen molar-refractivity contribution < 1.29 is 14.0 Å². The van der Waals surface area contributed by atoms with E-state index in [1.54, 1.807) is 22.7 Å². The van der Waals surface area contributed by atoms with Gasteiger partial charge in [0.2, 0.25) is 0 Å². The molecule has 1 N–H and O–H groups in total. The smallest absolute Gasteiger partial charge is 0.102 e. The molecule has 0 spiro atoms. The van der Waals surface area contributed by atoms with Crippen LogP contribution in [0.25, 0.3) is 20.9 Å². The third-order valence-electron chi connectivity index (χ3n) is 5.38. The van der Waals surface area contributed by atoms with Crippen LogP contribution in [0.4, 0.5) is 8.78 Å². The SMILES string of the molecule is ON=C(C(CF)c1ccc(-c2cccs2)cc1)C(CF)c1ccc(-c2cccs2)cc1. The lowest BCUT2D eigenvalue weighted by molar-refractivity contribution is 0.309. The molecule has 31 heavy (non-hydrogen) atoms. The maximum atomic E-state index is 14.1. The first-order chi connectivity index (χ1) is 15.2. The first-order valence-electron chi connectivity index (χ1n) is 9.86. The van der Waals surface area contributed by atoms with E-state index in [4.69, 9.17) is 0 Å². The van der Waals surface area contributed by atoms with Gasteiger partial charge >= 0.3 is 0 Å². The number of rotatable bonds is 8. The summed E-state index contributed by atoms with van der Waals surface area (Å²) in [4.78, 5) is 2.23. The van der Waals surface area contributed by atoms with Gasteiger partial charge in [-0.05, 0) is 45.1 Å². The zero-order chi connectivity index (χ0) is 21.6. The minimum atomic E-state index is -0.819. The van der Waals surface area contributed by atoms with E-state index in [0.29, 0.717) is 11.1 Å². The van der Waals surface area contributed by atoms with Crippen LogP contribution < -0.4 is 0 Å². The molecule has 0 aliphatic carbocycles. The van der Waals surface area contributed by atoms with Crippen molar-refractivity contribution in [3.63, 3.8) is 0 Å². The average Bonchev–Trinajstić information content (AvgIpc) is 3.54. The molecule has 2 unspecified atom stereocenters. The molecule has 6 heteroatoms. The molecule has 2 aromatic carbocycles. The molecule has 2 nitrogen and oxygen atoms in total. The predicted octanol–water partition coefficient (Wildman–Crippen LogP) is 7.78. The Labute approximate surface area is 188 Å². The van der Waals surface area contributed by atoms with Gasteiger partial charge in [-0.1, -0.05) is 65.8 Å². The lowest BCUT2D eigenvalue weighted by atomic mass is 9.83. The Bertz CT molecular complexity index is 1020. The van der Waals surface area contributed by atoms with Crippen molar-refractivity contribution in [2.45, 2.75) is 11.8 Å². The number of hydrogen-bond acceptors (Lipinski definition) is 4. The molecule has 0 fully saturated rings. The zero-order valence-electron chi connectivity index (χ0n) is 16.6. The summed E-state index contributed by atoms with van der Waals surface area (Å²) in [5, 5.41) is 17.1. The highest BCUT2D eigenvalue weighted by molar-refractivity contribution is 7.13. The first-order valence-corrected chi connectivity index (χ1v) is 11.6. The summed E-state index contributed by atoms with van der Waals surface area (Å²) in [7, 11) is 0. The molecular weight excluding hydrogens is 432 g/mol. The highest BCUT2D eigenvalue weighted by Gasteiger charge is 2.28. The molecule has 2 heterocycles. The van der Waals surface area contributed by atoms with Gasteiger partial charge in [-0.2, -0.15) is 0 Å². The van der Waals surface area contributed by atoms with Gasteiger partial charge in [-0.15, -0.1) is 22.7 Å². The third kappa shape index (κ3) is 4.60. The summed E-state index contributed by atoms with van der Waals surface area (Å²) in [6, 6.07) is 22.9. The third-order valence-corrected chi connectivity index (χ3v) is 7.21. The predicted molar refractivity (Wildman–Crippen MR) is 126 cm³/mol. The van der Waals surface area contributed by atoms with E-state index in [1.165, 1.54) is 0 Å². The van der Waals surface area contributed by atoms with Crippen molar-refractivity contribution in [3.05, 3.63) is 94.7 Å². The van der Waals surface area contributed by atoms with E-state index in [1.807, 2.05) is 83.6 Å². The van der Waals surface area contributed by atoms with E-state index in [0.717, 1.165) is 20.9 Å². The number of thiophene rings is 2. The van der Waals surface area contributed by atoms with Crippen LogP contribution in [0.3, 0.4) is 0 Å². The summed E-state index contributed by atoms with van der Waals surface area (Å²) in [6.07, 6.45) is 0. The lowest BCUT2D eigenvalue weighted by Crippen LogP contribution is -2.24. The van der Waals surface area contributed by atoms with Gasteiger partial charge in [0.05, 0.1) is 17.5 Å². The number of alkyl halides is 2. The molecule has 0 saturated heterocycles. The second-order valence-electron chi connectivity index (χ2n) is 7.14. The molecule has 0 radical (unpaired) electrons. The average molecular weight is 454 g/mol. The van der Waals surface area contributed by atoms with Gasteiger partial charge in [0.1, 0.15) is 13.3 Å². The van der Waals surface area contributed by atoms with Gasteiger partial charge in [0.25, 0.3) is 0 Å². The summed E-state index contributed by atoms with van der Waals surface area (Å²) < 4.78 is 28.2. The molecule has 158 valence electrons. The minimum Gasteiger partial charge on any atom is -0.411 e. The van der Waals surface area contributed by atoms with Crippen molar-refractivity contribution in [2.24, 2.45) is 5.16 Å². The monoisotopic (exact) mass is 453 g/mol.